The van der Waals surface area contributed by atoms with Crippen LogP contribution in [0, 0.1) is 12.8 Å². The maximum atomic E-state index is 14.0. The number of rotatable bonds is 12. The van der Waals surface area contributed by atoms with Crippen molar-refractivity contribution in [3.8, 4) is 28.5 Å². The van der Waals surface area contributed by atoms with Crippen LogP contribution in [0.15, 0.2) is 18.5 Å². The van der Waals surface area contributed by atoms with E-state index in [9.17, 15) is 9.59 Å². The van der Waals surface area contributed by atoms with Gasteiger partial charge >= 0.3 is 6.09 Å². The van der Waals surface area contributed by atoms with E-state index in [4.69, 9.17) is 29.0 Å². The quantitative estimate of drug-likeness (QED) is 0.172. The van der Waals surface area contributed by atoms with Crippen molar-refractivity contribution in [1.82, 2.24) is 25.2 Å². The summed E-state index contributed by atoms with van der Waals surface area (Å²) in [5.74, 6) is 2.15. The van der Waals surface area contributed by atoms with Gasteiger partial charge in [-0.2, -0.15) is 0 Å². The summed E-state index contributed by atoms with van der Waals surface area (Å²) in [7, 11) is -1.32. The second-order valence-electron chi connectivity index (χ2n) is 13.6. The zero-order chi connectivity index (χ0) is 31.7. The van der Waals surface area contributed by atoms with Gasteiger partial charge in [0.25, 0.3) is 5.91 Å². The zero-order valence-corrected chi connectivity index (χ0v) is 27.5. The summed E-state index contributed by atoms with van der Waals surface area (Å²) >= 11 is 0. The van der Waals surface area contributed by atoms with E-state index in [1.165, 1.54) is 6.33 Å². The van der Waals surface area contributed by atoms with E-state index in [1.807, 2.05) is 23.6 Å². The number of ether oxygens (including phenoxy) is 4. The van der Waals surface area contributed by atoms with Crippen molar-refractivity contribution in [2.45, 2.75) is 89.9 Å². The van der Waals surface area contributed by atoms with Crippen LogP contribution in [0.5, 0.6) is 17.2 Å². The molecule has 12 nitrogen and oxygen atoms in total. The lowest BCUT2D eigenvalue weighted by atomic mass is 9.91. The van der Waals surface area contributed by atoms with Crippen LogP contribution in [0.1, 0.15) is 54.6 Å². The molecule has 2 saturated carbocycles. The Bertz CT molecular complexity index is 1570. The van der Waals surface area contributed by atoms with Gasteiger partial charge in [-0.25, -0.2) is 14.8 Å². The maximum absolute atomic E-state index is 14.0. The van der Waals surface area contributed by atoms with Crippen molar-refractivity contribution >= 4 is 31.1 Å². The van der Waals surface area contributed by atoms with Crippen LogP contribution in [0.25, 0.3) is 22.3 Å². The first-order valence-corrected chi connectivity index (χ1v) is 19.6. The Kier molecular flexibility index (Phi) is 8.91. The molecule has 13 heteroatoms. The molecule has 45 heavy (non-hydrogen) atoms. The molecule has 2 aromatic heterocycles. The van der Waals surface area contributed by atoms with E-state index in [1.54, 1.807) is 0 Å². The van der Waals surface area contributed by atoms with Gasteiger partial charge in [-0.15, -0.1) is 0 Å². The van der Waals surface area contributed by atoms with Crippen molar-refractivity contribution in [3.05, 3.63) is 29.7 Å². The number of carbonyl (C=O) groups is 2. The first kappa shape index (κ1) is 31.2. The van der Waals surface area contributed by atoms with Crippen molar-refractivity contribution in [3.63, 3.8) is 0 Å². The first-order valence-electron chi connectivity index (χ1n) is 15.9. The SMILES string of the molecule is Cc1c(C(=O)NC2CCC(NC(=O)O)CC2)c2ncnc(-c3c(OCC4CC4)ccc4c3OCO4)c2n1COCC[Si](C)(C)C. The highest BCUT2D eigenvalue weighted by molar-refractivity contribution is 6.76. The minimum absolute atomic E-state index is 0.0678. The first-order chi connectivity index (χ1) is 21.6. The average Bonchev–Trinajstić information content (AvgIpc) is 3.61. The molecule has 2 amide bonds. The molecule has 242 valence electrons. The number of aromatic nitrogens is 3. The van der Waals surface area contributed by atoms with E-state index < -0.39 is 14.2 Å². The van der Waals surface area contributed by atoms with Gasteiger partial charge in [-0.1, -0.05) is 19.6 Å². The van der Waals surface area contributed by atoms with Gasteiger partial charge in [0.15, 0.2) is 11.5 Å². The van der Waals surface area contributed by atoms with E-state index in [0.29, 0.717) is 89.9 Å². The second-order valence-corrected chi connectivity index (χ2v) is 19.2. The Hall–Kier alpha value is -3.84. The Morgan fingerprint density at radius 2 is 1.78 bits per heavy atom. The van der Waals surface area contributed by atoms with Crippen LogP contribution < -0.4 is 24.8 Å². The fourth-order valence-electron chi connectivity index (χ4n) is 6.05. The molecule has 1 aliphatic heterocycles. The molecule has 2 aliphatic carbocycles. The summed E-state index contributed by atoms with van der Waals surface area (Å²) in [4.78, 5) is 34.5. The van der Waals surface area contributed by atoms with E-state index in [-0.39, 0.29) is 31.5 Å². The van der Waals surface area contributed by atoms with Crippen molar-refractivity contribution in [2.24, 2.45) is 5.92 Å². The highest BCUT2D eigenvalue weighted by Gasteiger charge is 2.32. The molecular formula is C32H43N5O7Si. The Morgan fingerprint density at radius 1 is 1.04 bits per heavy atom. The minimum Gasteiger partial charge on any atom is -0.492 e. The number of nitrogens with one attached hydrogen (secondary N) is 2. The molecule has 3 aromatic rings. The third-order valence-corrected chi connectivity index (χ3v) is 10.5. The van der Waals surface area contributed by atoms with Gasteiger partial charge in [-0.05, 0) is 69.5 Å². The molecule has 0 radical (unpaired) electrons. The third kappa shape index (κ3) is 7.04. The molecule has 2 fully saturated rings. The fourth-order valence-corrected chi connectivity index (χ4v) is 6.80. The minimum atomic E-state index is -1.32. The lowest BCUT2D eigenvalue weighted by molar-refractivity contribution is 0.0877. The summed E-state index contributed by atoms with van der Waals surface area (Å²) in [6.45, 7) is 10.4. The van der Waals surface area contributed by atoms with E-state index >= 15 is 0 Å². The van der Waals surface area contributed by atoms with Crippen LogP contribution in [-0.4, -0.2) is 71.8 Å². The highest BCUT2D eigenvalue weighted by atomic mass is 28.3. The summed E-state index contributed by atoms with van der Waals surface area (Å²) in [6, 6.07) is 4.60. The number of hydrogen-bond donors (Lipinski definition) is 3. The Labute approximate surface area is 263 Å². The standard InChI is InChI=1S/C32H43N5O7Si/c1-19-25(31(38)35-21-7-9-22(10-8-21)36-32(39)40)27-29(37(19)17-41-13-14-45(2,3)4)28(34-16-33-27)26-23(42-15-20-5-6-20)11-12-24-30(26)44-18-43-24/h11-12,16,20-22,36H,5-10,13-15,17-18H2,1-4H3,(H,35,38)(H,39,40). The number of nitrogens with zero attached hydrogens (tertiary/aromatic N) is 3. The molecule has 3 aliphatic rings. The molecule has 0 unspecified atom stereocenters. The normalized spacial score (nSPS) is 19.5. The Morgan fingerprint density at radius 3 is 2.47 bits per heavy atom. The predicted molar refractivity (Wildman–Crippen MR) is 171 cm³/mol. The van der Waals surface area contributed by atoms with Crippen molar-refractivity contribution < 1.29 is 33.6 Å². The van der Waals surface area contributed by atoms with Gasteiger partial charge in [0.1, 0.15) is 30.0 Å². The van der Waals surface area contributed by atoms with Crippen LogP contribution in [0.3, 0.4) is 0 Å². The van der Waals surface area contributed by atoms with Gasteiger partial charge in [0.05, 0.1) is 23.3 Å². The summed E-state index contributed by atoms with van der Waals surface area (Å²) in [5, 5.41) is 14.8. The number of carboxylic acid groups (broad SMARTS) is 1. The topological polar surface area (TPSA) is 146 Å². The van der Waals surface area contributed by atoms with E-state index in [2.05, 4.69) is 35.3 Å². The van der Waals surface area contributed by atoms with Gasteiger partial charge in [0, 0.05) is 32.5 Å². The smallest absolute Gasteiger partial charge is 0.404 e. The molecule has 0 bridgehead atoms. The molecule has 3 heterocycles. The third-order valence-electron chi connectivity index (χ3n) is 8.84. The van der Waals surface area contributed by atoms with Gasteiger partial charge < -0.3 is 39.3 Å². The predicted octanol–water partition coefficient (Wildman–Crippen LogP) is 5.55. The van der Waals surface area contributed by atoms with Crippen LogP contribution in [0.2, 0.25) is 25.7 Å². The lowest BCUT2D eigenvalue weighted by Gasteiger charge is -2.28. The number of carbonyl (C=O) groups excluding carboxylic acids is 1. The van der Waals surface area contributed by atoms with Crippen LogP contribution >= 0.6 is 0 Å². The van der Waals surface area contributed by atoms with Crippen molar-refractivity contribution in [2.75, 3.05) is 20.0 Å². The van der Waals surface area contributed by atoms with Gasteiger partial charge in [0.2, 0.25) is 6.79 Å². The number of benzene rings is 1. The largest absolute Gasteiger partial charge is 0.492 e. The molecule has 0 atom stereocenters. The van der Waals surface area contributed by atoms with Gasteiger partial charge in [-0.3, -0.25) is 4.79 Å². The molecule has 6 rings (SSSR count). The number of amides is 2. The molecule has 1 aromatic carbocycles. The van der Waals surface area contributed by atoms with E-state index in [0.717, 1.165) is 24.6 Å². The average molecular weight is 638 g/mol. The number of hydrogen-bond acceptors (Lipinski definition) is 8. The summed E-state index contributed by atoms with van der Waals surface area (Å²) < 4.78 is 26.3. The second kappa shape index (κ2) is 12.9. The summed E-state index contributed by atoms with van der Waals surface area (Å²) in [6.07, 6.45) is 5.48. The number of fused-ring (bicyclic) bond motifs is 2. The van der Waals surface area contributed by atoms with Crippen LogP contribution in [0.4, 0.5) is 4.79 Å². The fraction of sp³-hybridized carbons (Fsp3) is 0.562. The lowest BCUT2D eigenvalue weighted by Crippen LogP contribution is -2.43. The molecule has 0 spiro atoms. The zero-order valence-electron chi connectivity index (χ0n) is 26.5. The molecule has 0 saturated heterocycles. The maximum Gasteiger partial charge on any atom is 0.404 e. The molecule has 3 N–H and O–H groups in total. The van der Waals surface area contributed by atoms with Crippen LogP contribution in [-0.2, 0) is 11.5 Å². The summed E-state index contributed by atoms with van der Waals surface area (Å²) in [5.41, 5.74) is 3.65. The Balaban J connectivity index is 1.38. The van der Waals surface area contributed by atoms with Crippen molar-refractivity contribution in [1.29, 1.82) is 0 Å². The highest BCUT2D eigenvalue weighted by Crippen LogP contribution is 2.49. The molecular weight excluding hydrogens is 594 g/mol. The monoisotopic (exact) mass is 637 g/mol.